The van der Waals surface area contributed by atoms with Gasteiger partial charge in [0.1, 0.15) is 5.58 Å². The monoisotopic (exact) mass is 369 g/mol. The largest absolute Gasteiger partial charge is 0.422 e. The minimum Gasteiger partial charge on any atom is -0.422 e. The third kappa shape index (κ3) is 3.58. The first-order valence-corrected chi connectivity index (χ1v) is 9.02. The average molecular weight is 369 g/mol. The van der Waals surface area contributed by atoms with E-state index in [9.17, 15) is 9.59 Å². The van der Waals surface area contributed by atoms with Gasteiger partial charge in [0.25, 0.3) is 5.91 Å². The molecule has 28 heavy (non-hydrogen) atoms. The summed E-state index contributed by atoms with van der Waals surface area (Å²) < 4.78 is 5.40. The van der Waals surface area contributed by atoms with Crippen LogP contribution in [0, 0.1) is 13.8 Å². The van der Waals surface area contributed by atoms with E-state index in [2.05, 4.69) is 5.32 Å². The molecule has 0 fully saturated rings. The number of carbonyl (C=O) groups is 1. The van der Waals surface area contributed by atoms with Crippen molar-refractivity contribution in [1.29, 1.82) is 0 Å². The van der Waals surface area contributed by atoms with E-state index in [4.69, 9.17) is 4.42 Å². The number of rotatable bonds is 3. The van der Waals surface area contributed by atoms with Gasteiger partial charge in [0.2, 0.25) is 0 Å². The van der Waals surface area contributed by atoms with Crippen LogP contribution in [0.3, 0.4) is 0 Å². The molecule has 0 aliphatic heterocycles. The normalized spacial score (nSPS) is 10.8. The third-order valence-corrected chi connectivity index (χ3v) is 4.58. The second-order valence-corrected chi connectivity index (χ2v) is 6.89. The molecular formula is C24H19NO3. The highest BCUT2D eigenvalue weighted by Gasteiger charge is 2.10. The lowest BCUT2D eigenvalue weighted by molar-refractivity contribution is 0.102. The molecule has 0 saturated carbocycles. The predicted octanol–water partition coefficient (Wildman–Crippen LogP) is 5.33. The summed E-state index contributed by atoms with van der Waals surface area (Å²) in [6, 6.07) is 22.1. The van der Waals surface area contributed by atoms with E-state index in [1.54, 1.807) is 30.3 Å². The van der Waals surface area contributed by atoms with Crippen LogP contribution in [0.1, 0.15) is 21.5 Å². The Hall–Kier alpha value is -3.66. The summed E-state index contributed by atoms with van der Waals surface area (Å²) in [6.45, 7) is 3.93. The Kier molecular flexibility index (Phi) is 4.53. The molecule has 4 nitrogen and oxygen atoms in total. The molecule has 0 aliphatic rings. The summed E-state index contributed by atoms with van der Waals surface area (Å²) >= 11 is 0. The number of hydrogen-bond donors (Lipinski definition) is 1. The predicted molar refractivity (Wildman–Crippen MR) is 112 cm³/mol. The topological polar surface area (TPSA) is 59.3 Å². The number of para-hydroxylation sites is 1. The van der Waals surface area contributed by atoms with Crippen molar-refractivity contribution in [3.05, 3.63) is 99.9 Å². The molecule has 4 heteroatoms. The van der Waals surface area contributed by atoms with Crippen LogP contribution in [0.15, 0.2) is 82.0 Å². The van der Waals surface area contributed by atoms with Gasteiger partial charge in [-0.15, -0.1) is 0 Å². The smallest absolute Gasteiger partial charge is 0.344 e. The van der Waals surface area contributed by atoms with Gasteiger partial charge in [-0.1, -0.05) is 47.5 Å². The van der Waals surface area contributed by atoms with Crippen molar-refractivity contribution in [2.24, 2.45) is 0 Å². The Morgan fingerprint density at radius 1 is 0.857 bits per heavy atom. The number of hydrogen-bond acceptors (Lipinski definition) is 3. The first-order valence-electron chi connectivity index (χ1n) is 9.02. The molecule has 1 aromatic heterocycles. The second-order valence-electron chi connectivity index (χ2n) is 6.89. The first kappa shape index (κ1) is 17.7. The summed E-state index contributed by atoms with van der Waals surface area (Å²) in [5.41, 5.74) is 4.79. The van der Waals surface area contributed by atoms with E-state index < -0.39 is 0 Å². The van der Waals surface area contributed by atoms with Crippen LogP contribution in [0.5, 0.6) is 0 Å². The molecule has 1 heterocycles. The summed E-state index contributed by atoms with van der Waals surface area (Å²) in [6.07, 6.45) is 0. The van der Waals surface area contributed by atoms with Crippen LogP contribution in [0.2, 0.25) is 0 Å². The molecule has 138 valence electrons. The zero-order valence-electron chi connectivity index (χ0n) is 15.7. The Balaban J connectivity index is 1.60. The Morgan fingerprint density at radius 3 is 2.25 bits per heavy atom. The van der Waals surface area contributed by atoms with Gasteiger partial charge in [-0.25, -0.2) is 4.79 Å². The van der Waals surface area contributed by atoms with Crippen molar-refractivity contribution in [2.45, 2.75) is 13.8 Å². The molecule has 0 unspecified atom stereocenters. The fourth-order valence-electron chi connectivity index (χ4n) is 3.31. The number of carbonyl (C=O) groups excluding carboxylic acids is 1. The van der Waals surface area contributed by atoms with Crippen molar-refractivity contribution in [2.75, 3.05) is 5.32 Å². The fraction of sp³-hybridized carbons (Fsp3) is 0.0833. The minimum atomic E-state index is -0.384. The average Bonchev–Trinajstić information content (AvgIpc) is 2.67. The summed E-state index contributed by atoms with van der Waals surface area (Å²) in [5.74, 6) is -0.162. The van der Waals surface area contributed by atoms with Crippen molar-refractivity contribution in [3.8, 4) is 11.1 Å². The highest BCUT2D eigenvalue weighted by atomic mass is 16.4. The van der Waals surface area contributed by atoms with Gasteiger partial charge in [-0.2, -0.15) is 0 Å². The van der Waals surface area contributed by atoms with Crippen LogP contribution in [-0.4, -0.2) is 5.91 Å². The second kappa shape index (κ2) is 7.16. The van der Waals surface area contributed by atoms with E-state index in [1.165, 1.54) is 0 Å². The lowest BCUT2D eigenvalue weighted by Gasteiger charge is -2.08. The lowest BCUT2D eigenvalue weighted by Crippen LogP contribution is -2.12. The Labute approximate surface area is 162 Å². The van der Waals surface area contributed by atoms with Crippen LogP contribution >= 0.6 is 0 Å². The lowest BCUT2D eigenvalue weighted by atomic mass is 10.0. The van der Waals surface area contributed by atoms with Crippen LogP contribution < -0.4 is 10.9 Å². The van der Waals surface area contributed by atoms with Gasteiger partial charge in [0, 0.05) is 16.6 Å². The number of benzene rings is 3. The van der Waals surface area contributed by atoms with E-state index in [-0.39, 0.29) is 11.5 Å². The van der Waals surface area contributed by atoms with Crippen molar-refractivity contribution >= 4 is 22.6 Å². The molecule has 4 aromatic rings. The standard InChI is InChI=1S/C24H19NO3/c1-15-11-16(2)13-19(12-15)23(26)25-20-9-7-17(8-10-20)21-14-18-5-3-4-6-22(18)28-24(21)27/h3-14H,1-2H3,(H,25,26). The van der Waals surface area contributed by atoms with Gasteiger partial charge in [-0.05, 0) is 55.8 Å². The quantitative estimate of drug-likeness (QED) is 0.497. The maximum atomic E-state index is 12.5. The summed E-state index contributed by atoms with van der Waals surface area (Å²) in [5, 5.41) is 3.76. The van der Waals surface area contributed by atoms with E-state index in [1.807, 2.05) is 56.3 Å². The third-order valence-electron chi connectivity index (χ3n) is 4.58. The number of fused-ring (bicyclic) bond motifs is 1. The van der Waals surface area contributed by atoms with E-state index >= 15 is 0 Å². The highest BCUT2D eigenvalue weighted by molar-refractivity contribution is 6.04. The Bertz CT molecular complexity index is 1220. The van der Waals surface area contributed by atoms with Crippen molar-refractivity contribution in [3.63, 3.8) is 0 Å². The maximum Gasteiger partial charge on any atom is 0.344 e. The molecule has 0 aliphatic carbocycles. The SMILES string of the molecule is Cc1cc(C)cc(C(=O)Nc2ccc(-c3cc4ccccc4oc3=O)cc2)c1. The van der Waals surface area contributed by atoms with Crippen molar-refractivity contribution < 1.29 is 9.21 Å². The van der Waals surface area contributed by atoms with Crippen LogP contribution in [-0.2, 0) is 0 Å². The molecule has 0 atom stereocenters. The molecule has 0 saturated heterocycles. The minimum absolute atomic E-state index is 0.162. The summed E-state index contributed by atoms with van der Waals surface area (Å²) in [7, 11) is 0. The molecule has 3 aromatic carbocycles. The Morgan fingerprint density at radius 2 is 1.54 bits per heavy atom. The van der Waals surface area contributed by atoms with Gasteiger partial charge in [-0.3, -0.25) is 4.79 Å². The molecule has 0 spiro atoms. The molecular weight excluding hydrogens is 350 g/mol. The molecule has 0 bridgehead atoms. The molecule has 1 amide bonds. The number of nitrogens with one attached hydrogen (secondary N) is 1. The zero-order chi connectivity index (χ0) is 19.7. The summed E-state index contributed by atoms with van der Waals surface area (Å²) in [4.78, 5) is 24.8. The highest BCUT2D eigenvalue weighted by Crippen LogP contribution is 2.23. The number of anilines is 1. The first-order chi connectivity index (χ1) is 13.5. The van der Waals surface area contributed by atoms with Gasteiger partial charge >= 0.3 is 5.63 Å². The number of amides is 1. The van der Waals surface area contributed by atoms with E-state index in [0.29, 0.717) is 22.4 Å². The van der Waals surface area contributed by atoms with Gasteiger partial charge in [0.05, 0.1) is 5.56 Å². The fourth-order valence-corrected chi connectivity index (χ4v) is 3.31. The molecule has 1 N–H and O–H groups in total. The molecule has 0 radical (unpaired) electrons. The maximum absolute atomic E-state index is 12.5. The van der Waals surface area contributed by atoms with E-state index in [0.717, 1.165) is 22.1 Å². The zero-order valence-corrected chi connectivity index (χ0v) is 15.7. The van der Waals surface area contributed by atoms with Crippen LogP contribution in [0.4, 0.5) is 5.69 Å². The van der Waals surface area contributed by atoms with Crippen LogP contribution in [0.25, 0.3) is 22.1 Å². The van der Waals surface area contributed by atoms with Gasteiger partial charge in [0.15, 0.2) is 0 Å². The number of aryl methyl sites for hydroxylation is 2. The van der Waals surface area contributed by atoms with Gasteiger partial charge < -0.3 is 9.73 Å². The van der Waals surface area contributed by atoms with Crippen molar-refractivity contribution in [1.82, 2.24) is 0 Å². The molecule has 4 rings (SSSR count).